The molecule has 0 spiro atoms. The Morgan fingerprint density at radius 3 is 2.68 bits per heavy atom. The van der Waals surface area contributed by atoms with Gasteiger partial charge in [-0.15, -0.1) is 0 Å². The first-order valence-corrected chi connectivity index (χ1v) is 8.35. The van der Waals surface area contributed by atoms with E-state index in [1.165, 1.54) is 0 Å². The van der Waals surface area contributed by atoms with Crippen LogP contribution in [0.15, 0.2) is 48.5 Å². The number of carboxylic acids is 1. The van der Waals surface area contributed by atoms with Gasteiger partial charge in [-0.2, -0.15) is 0 Å². The Labute approximate surface area is 146 Å². The van der Waals surface area contributed by atoms with Crippen LogP contribution >= 0.6 is 0 Å². The molecule has 2 aromatic rings. The number of aryl methyl sites for hydroxylation is 1. The Hall–Kier alpha value is -2.82. The monoisotopic (exact) mass is 339 g/mol. The van der Waals surface area contributed by atoms with Gasteiger partial charge >= 0.3 is 5.97 Å². The molecule has 0 aromatic heterocycles. The van der Waals surface area contributed by atoms with Crippen molar-refractivity contribution in [1.82, 2.24) is 5.32 Å². The first-order valence-electron chi connectivity index (χ1n) is 8.35. The summed E-state index contributed by atoms with van der Waals surface area (Å²) in [4.78, 5) is 24.2. The van der Waals surface area contributed by atoms with E-state index in [1.807, 2.05) is 55.5 Å². The van der Waals surface area contributed by atoms with E-state index in [1.54, 1.807) is 0 Å². The topological polar surface area (TPSA) is 75.6 Å². The first-order chi connectivity index (χ1) is 12.1. The predicted octanol–water partition coefficient (Wildman–Crippen LogP) is 3.19. The van der Waals surface area contributed by atoms with Gasteiger partial charge in [0.15, 0.2) is 0 Å². The molecule has 2 atom stereocenters. The Kier molecular flexibility index (Phi) is 5.03. The van der Waals surface area contributed by atoms with Crippen molar-refractivity contribution in [2.45, 2.75) is 31.7 Å². The van der Waals surface area contributed by atoms with Gasteiger partial charge in [0.2, 0.25) is 5.91 Å². The lowest BCUT2D eigenvalue weighted by molar-refractivity contribution is -0.137. The third-order valence-electron chi connectivity index (χ3n) is 4.53. The van der Waals surface area contributed by atoms with E-state index in [4.69, 9.17) is 4.74 Å². The van der Waals surface area contributed by atoms with Crippen molar-refractivity contribution in [1.29, 1.82) is 0 Å². The van der Waals surface area contributed by atoms with E-state index < -0.39 is 12.0 Å². The molecule has 2 unspecified atom stereocenters. The fraction of sp³-hybridized carbons (Fsp3) is 0.300. The summed E-state index contributed by atoms with van der Waals surface area (Å²) in [6.07, 6.45) is 0.428. The van der Waals surface area contributed by atoms with E-state index in [0.717, 1.165) is 22.4 Å². The van der Waals surface area contributed by atoms with Gasteiger partial charge in [0.25, 0.3) is 0 Å². The van der Waals surface area contributed by atoms with E-state index in [0.29, 0.717) is 13.0 Å². The van der Waals surface area contributed by atoms with Crippen molar-refractivity contribution in [3.05, 3.63) is 65.2 Å². The third kappa shape index (κ3) is 3.82. The van der Waals surface area contributed by atoms with Crippen molar-refractivity contribution in [3.8, 4) is 5.75 Å². The minimum absolute atomic E-state index is 0.151. The van der Waals surface area contributed by atoms with Crippen molar-refractivity contribution in [3.63, 3.8) is 0 Å². The molecule has 25 heavy (non-hydrogen) atoms. The molecule has 0 aliphatic carbocycles. The van der Waals surface area contributed by atoms with Gasteiger partial charge < -0.3 is 15.2 Å². The van der Waals surface area contributed by atoms with E-state index in [-0.39, 0.29) is 18.2 Å². The van der Waals surface area contributed by atoms with Crippen LogP contribution in [0, 0.1) is 6.92 Å². The van der Waals surface area contributed by atoms with Crippen LogP contribution in [0.2, 0.25) is 0 Å². The molecule has 130 valence electrons. The maximum atomic E-state index is 12.9. The largest absolute Gasteiger partial charge is 0.493 e. The minimum atomic E-state index is -0.944. The van der Waals surface area contributed by atoms with Crippen LogP contribution in [0.4, 0.5) is 0 Å². The van der Waals surface area contributed by atoms with Crippen LogP contribution < -0.4 is 10.1 Å². The van der Waals surface area contributed by atoms with Gasteiger partial charge in [-0.25, -0.2) is 0 Å². The number of carbonyl (C=O) groups is 2. The van der Waals surface area contributed by atoms with Crippen LogP contribution in [0.1, 0.15) is 41.5 Å². The number of ether oxygens (including phenoxy) is 1. The van der Waals surface area contributed by atoms with E-state index in [2.05, 4.69) is 5.32 Å². The smallest absolute Gasteiger partial charge is 0.305 e. The van der Waals surface area contributed by atoms with Crippen LogP contribution in [0.25, 0.3) is 0 Å². The molecule has 0 radical (unpaired) electrons. The summed E-state index contributed by atoms with van der Waals surface area (Å²) in [5.41, 5.74) is 2.64. The Bertz CT molecular complexity index is 787. The van der Waals surface area contributed by atoms with Crippen molar-refractivity contribution >= 4 is 11.9 Å². The lowest BCUT2D eigenvalue weighted by Gasteiger charge is -2.27. The number of nitrogens with one attached hydrogen (secondary N) is 1. The Morgan fingerprint density at radius 2 is 1.92 bits per heavy atom. The highest BCUT2D eigenvalue weighted by Crippen LogP contribution is 2.34. The lowest BCUT2D eigenvalue weighted by Crippen LogP contribution is -2.36. The van der Waals surface area contributed by atoms with Crippen molar-refractivity contribution < 1.29 is 19.4 Å². The molecule has 1 amide bonds. The summed E-state index contributed by atoms with van der Waals surface area (Å²) in [5, 5.41) is 12.2. The molecule has 0 saturated heterocycles. The van der Waals surface area contributed by atoms with Crippen LogP contribution in [-0.4, -0.2) is 23.6 Å². The Morgan fingerprint density at radius 1 is 1.20 bits per heavy atom. The van der Waals surface area contributed by atoms with Crippen LogP contribution in [0.5, 0.6) is 5.75 Å². The molecule has 0 fully saturated rings. The second kappa shape index (κ2) is 7.38. The summed E-state index contributed by atoms with van der Waals surface area (Å²) in [7, 11) is 0. The van der Waals surface area contributed by atoms with Gasteiger partial charge in [0, 0.05) is 5.56 Å². The standard InChI is InChI=1S/C20H21NO4/c1-13-6-2-3-7-14(13)17(12-19(22)23)21-20(24)16-10-11-25-18-9-5-4-8-15(16)18/h2-9,16-17H,10-12H2,1H3,(H,21,24)(H,22,23). The Balaban J connectivity index is 1.84. The first kappa shape index (κ1) is 17.0. The molecule has 2 aromatic carbocycles. The quantitative estimate of drug-likeness (QED) is 0.877. The number of carboxylic acid groups (broad SMARTS) is 1. The number of hydrogen-bond acceptors (Lipinski definition) is 3. The van der Waals surface area contributed by atoms with E-state index >= 15 is 0 Å². The molecule has 5 nitrogen and oxygen atoms in total. The number of aliphatic carboxylic acids is 1. The highest BCUT2D eigenvalue weighted by atomic mass is 16.5. The number of fused-ring (bicyclic) bond motifs is 1. The number of amides is 1. The molecule has 1 heterocycles. The highest BCUT2D eigenvalue weighted by molar-refractivity contribution is 5.85. The zero-order chi connectivity index (χ0) is 17.8. The molecule has 3 rings (SSSR count). The van der Waals surface area contributed by atoms with E-state index in [9.17, 15) is 14.7 Å². The molecule has 0 saturated carbocycles. The molecular weight excluding hydrogens is 318 g/mol. The average molecular weight is 339 g/mol. The van der Waals surface area contributed by atoms with Crippen LogP contribution in [0.3, 0.4) is 0 Å². The van der Waals surface area contributed by atoms with Crippen molar-refractivity contribution in [2.24, 2.45) is 0 Å². The zero-order valence-electron chi connectivity index (χ0n) is 14.1. The maximum absolute atomic E-state index is 12.9. The fourth-order valence-electron chi connectivity index (χ4n) is 3.28. The van der Waals surface area contributed by atoms with Crippen molar-refractivity contribution in [2.75, 3.05) is 6.61 Å². The van der Waals surface area contributed by atoms with Gasteiger partial charge in [0.05, 0.1) is 25.0 Å². The number of benzene rings is 2. The zero-order valence-corrected chi connectivity index (χ0v) is 14.1. The second-order valence-electron chi connectivity index (χ2n) is 6.24. The fourth-order valence-corrected chi connectivity index (χ4v) is 3.28. The molecule has 0 bridgehead atoms. The van der Waals surface area contributed by atoms with Crippen LogP contribution in [-0.2, 0) is 9.59 Å². The number of hydrogen-bond donors (Lipinski definition) is 2. The normalized spacial score (nSPS) is 17.1. The molecule has 2 N–H and O–H groups in total. The number of rotatable bonds is 5. The molecular formula is C20H21NO4. The lowest BCUT2D eigenvalue weighted by atomic mass is 9.91. The number of para-hydroxylation sites is 1. The summed E-state index contributed by atoms with van der Waals surface area (Å²) < 4.78 is 5.60. The minimum Gasteiger partial charge on any atom is -0.493 e. The van der Waals surface area contributed by atoms with Gasteiger partial charge in [-0.3, -0.25) is 9.59 Å². The third-order valence-corrected chi connectivity index (χ3v) is 4.53. The van der Waals surface area contributed by atoms with Gasteiger partial charge in [-0.05, 0) is 30.5 Å². The highest BCUT2D eigenvalue weighted by Gasteiger charge is 2.30. The van der Waals surface area contributed by atoms with Gasteiger partial charge in [-0.1, -0.05) is 42.5 Å². The molecule has 1 aliphatic heterocycles. The van der Waals surface area contributed by atoms with Gasteiger partial charge in [0.1, 0.15) is 5.75 Å². The summed E-state index contributed by atoms with van der Waals surface area (Å²) >= 11 is 0. The number of carbonyl (C=O) groups excluding carboxylic acids is 1. The summed E-state index contributed by atoms with van der Waals surface area (Å²) in [5.74, 6) is -0.712. The SMILES string of the molecule is Cc1ccccc1C(CC(=O)O)NC(=O)C1CCOc2ccccc21. The molecule has 5 heteroatoms. The second-order valence-corrected chi connectivity index (χ2v) is 6.24. The molecule has 1 aliphatic rings. The predicted molar refractivity (Wildman–Crippen MR) is 93.6 cm³/mol. The average Bonchev–Trinajstić information content (AvgIpc) is 2.60. The summed E-state index contributed by atoms with van der Waals surface area (Å²) in [6.45, 7) is 2.39. The maximum Gasteiger partial charge on any atom is 0.305 e. The summed E-state index contributed by atoms with van der Waals surface area (Å²) in [6, 6.07) is 14.5.